The minimum absolute atomic E-state index is 0. The summed E-state index contributed by atoms with van der Waals surface area (Å²) < 4.78 is 3.40. The van der Waals surface area contributed by atoms with Gasteiger partial charge in [-0.2, -0.15) is 0 Å². The molecule has 2 aromatic heterocycles. The number of anilines is 1. The molecule has 0 unspecified atom stereocenters. The predicted octanol–water partition coefficient (Wildman–Crippen LogP) is 3.64. The largest absolute Gasteiger partial charge is 0.478 e. The Kier molecular flexibility index (Phi) is 6.58. The number of hydrogen-bond acceptors (Lipinski definition) is 5. The van der Waals surface area contributed by atoms with Crippen LogP contribution < -0.4 is 16.2 Å². The first-order valence-electron chi connectivity index (χ1n) is 10.9. The lowest BCUT2D eigenvalue weighted by Crippen LogP contribution is -2.44. The highest BCUT2D eigenvalue weighted by Crippen LogP contribution is 2.30. The summed E-state index contributed by atoms with van der Waals surface area (Å²) in [6, 6.07) is 12.4. The quantitative estimate of drug-likeness (QED) is 0.442. The standard InChI is InChI=1S/C24H24ClN5O3.ClH/c1-28-19-11-14(23(32)33)8-9-17(19)20-21(22(28)31)30(12-15-5-2-3-7-18(15)25)24(27-20)29-10-4-6-16(26)13-29;/h2-3,5,7-9,11,16H,4,6,10,12-13,26H2,1H3,(H,32,33);1H/t16-;/m1./s1. The molecule has 2 aromatic carbocycles. The zero-order valence-electron chi connectivity index (χ0n) is 18.6. The molecular weight excluding hydrogens is 477 g/mol. The van der Waals surface area contributed by atoms with E-state index < -0.39 is 5.97 Å². The van der Waals surface area contributed by atoms with Crippen LogP contribution in [0, 0.1) is 0 Å². The van der Waals surface area contributed by atoms with Crippen LogP contribution in [-0.2, 0) is 13.6 Å². The van der Waals surface area contributed by atoms with Gasteiger partial charge in [-0.25, -0.2) is 9.78 Å². The maximum Gasteiger partial charge on any atom is 0.335 e. The minimum Gasteiger partial charge on any atom is -0.478 e. The maximum absolute atomic E-state index is 13.6. The van der Waals surface area contributed by atoms with Gasteiger partial charge in [-0.3, -0.25) is 4.79 Å². The lowest BCUT2D eigenvalue weighted by atomic mass is 10.1. The van der Waals surface area contributed by atoms with Gasteiger partial charge < -0.3 is 24.9 Å². The topological polar surface area (TPSA) is 106 Å². The van der Waals surface area contributed by atoms with Crippen molar-refractivity contribution < 1.29 is 9.90 Å². The third kappa shape index (κ3) is 4.02. The van der Waals surface area contributed by atoms with Crippen molar-refractivity contribution in [3.8, 4) is 0 Å². The van der Waals surface area contributed by atoms with Crippen LogP contribution in [0.25, 0.3) is 21.9 Å². The number of aryl methyl sites for hydroxylation is 1. The van der Waals surface area contributed by atoms with Gasteiger partial charge in [0, 0.05) is 36.6 Å². The van der Waals surface area contributed by atoms with Gasteiger partial charge in [-0.15, -0.1) is 12.4 Å². The van der Waals surface area contributed by atoms with E-state index in [1.54, 1.807) is 13.1 Å². The smallest absolute Gasteiger partial charge is 0.335 e. The van der Waals surface area contributed by atoms with Crippen LogP contribution in [0.1, 0.15) is 28.8 Å². The SMILES string of the molecule is Cl.Cn1c(=O)c2c(nc(N3CCC[C@@H](N)C3)n2Cc2ccccc2Cl)c2ccc(C(=O)O)cc21. The molecule has 1 saturated heterocycles. The van der Waals surface area contributed by atoms with E-state index in [-0.39, 0.29) is 29.6 Å². The molecule has 1 atom stereocenters. The summed E-state index contributed by atoms with van der Waals surface area (Å²) in [6.45, 7) is 1.82. The van der Waals surface area contributed by atoms with E-state index in [9.17, 15) is 14.7 Å². The number of hydrogen-bond donors (Lipinski definition) is 2. The number of fused-ring (bicyclic) bond motifs is 3. The highest BCUT2D eigenvalue weighted by Gasteiger charge is 2.26. The minimum atomic E-state index is -1.04. The molecule has 178 valence electrons. The summed E-state index contributed by atoms with van der Waals surface area (Å²) in [5, 5.41) is 10.7. The van der Waals surface area contributed by atoms with Crippen LogP contribution in [0.3, 0.4) is 0 Å². The number of benzene rings is 2. The van der Waals surface area contributed by atoms with E-state index in [0.717, 1.165) is 30.3 Å². The zero-order chi connectivity index (χ0) is 23.3. The number of carbonyl (C=O) groups is 1. The average molecular weight is 502 g/mol. The van der Waals surface area contributed by atoms with Gasteiger partial charge in [-0.05, 0) is 42.7 Å². The summed E-state index contributed by atoms with van der Waals surface area (Å²) >= 11 is 6.46. The normalized spacial score (nSPS) is 16.1. The Labute approximate surface area is 207 Å². The fourth-order valence-corrected chi connectivity index (χ4v) is 4.83. The van der Waals surface area contributed by atoms with E-state index >= 15 is 0 Å². The van der Waals surface area contributed by atoms with Crippen LogP contribution >= 0.6 is 24.0 Å². The second-order valence-corrected chi connectivity index (χ2v) is 8.94. The number of pyridine rings is 1. The zero-order valence-corrected chi connectivity index (χ0v) is 20.1. The molecule has 3 N–H and O–H groups in total. The molecular formula is C24H25Cl2N5O3. The first kappa shape index (κ1) is 24.1. The van der Waals surface area contributed by atoms with Crippen molar-refractivity contribution in [2.24, 2.45) is 12.8 Å². The van der Waals surface area contributed by atoms with Gasteiger partial charge in [0.25, 0.3) is 5.56 Å². The molecule has 4 aromatic rings. The second-order valence-electron chi connectivity index (χ2n) is 8.54. The van der Waals surface area contributed by atoms with Gasteiger partial charge in [0.15, 0.2) is 0 Å². The van der Waals surface area contributed by atoms with E-state index in [4.69, 9.17) is 22.3 Å². The Morgan fingerprint density at radius 2 is 2.03 bits per heavy atom. The Morgan fingerprint density at radius 1 is 1.26 bits per heavy atom. The molecule has 0 aliphatic carbocycles. The second kappa shape index (κ2) is 9.29. The van der Waals surface area contributed by atoms with Gasteiger partial charge in [0.05, 0.1) is 17.6 Å². The van der Waals surface area contributed by atoms with E-state index in [2.05, 4.69) is 4.90 Å². The van der Waals surface area contributed by atoms with Crippen molar-refractivity contribution in [1.29, 1.82) is 0 Å². The van der Waals surface area contributed by atoms with Crippen molar-refractivity contribution in [3.05, 3.63) is 69.0 Å². The number of rotatable bonds is 4. The lowest BCUT2D eigenvalue weighted by molar-refractivity contribution is 0.0697. The predicted molar refractivity (Wildman–Crippen MR) is 137 cm³/mol. The van der Waals surface area contributed by atoms with Crippen LogP contribution in [0.5, 0.6) is 0 Å². The molecule has 0 radical (unpaired) electrons. The lowest BCUT2D eigenvalue weighted by Gasteiger charge is -2.32. The fraction of sp³-hybridized carbons (Fsp3) is 0.292. The Morgan fingerprint density at radius 3 is 2.74 bits per heavy atom. The molecule has 0 amide bonds. The van der Waals surface area contributed by atoms with E-state index in [1.165, 1.54) is 16.7 Å². The van der Waals surface area contributed by atoms with Crippen LogP contribution in [0.4, 0.5) is 5.95 Å². The van der Waals surface area contributed by atoms with E-state index in [1.807, 2.05) is 28.8 Å². The summed E-state index contributed by atoms with van der Waals surface area (Å²) in [5.74, 6) is -0.372. The summed E-state index contributed by atoms with van der Waals surface area (Å²) in [4.78, 5) is 32.1. The van der Waals surface area contributed by atoms with Gasteiger partial charge >= 0.3 is 5.97 Å². The summed E-state index contributed by atoms with van der Waals surface area (Å²) in [6.07, 6.45) is 1.89. The van der Waals surface area contributed by atoms with Gasteiger partial charge in [0.1, 0.15) is 11.0 Å². The maximum atomic E-state index is 13.6. The number of aromatic nitrogens is 3. The van der Waals surface area contributed by atoms with Crippen LogP contribution in [-0.4, -0.2) is 44.3 Å². The molecule has 3 heterocycles. The Hall–Kier alpha value is -3.07. The Balaban J connectivity index is 0.00000274. The molecule has 34 heavy (non-hydrogen) atoms. The molecule has 10 heteroatoms. The van der Waals surface area contributed by atoms with Crippen LogP contribution in [0.15, 0.2) is 47.3 Å². The fourth-order valence-electron chi connectivity index (χ4n) is 4.64. The summed E-state index contributed by atoms with van der Waals surface area (Å²) in [5.41, 5.74) is 8.54. The van der Waals surface area contributed by atoms with Crippen molar-refractivity contribution in [3.63, 3.8) is 0 Å². The highest BCUT2D eigenvalue weighted by atomic mass is 35.5. The van der Waals surface area contributed by atoms with Crippen molar-refractivity contribution in [2.45, 2.75) is 25.4 Å². The van der Waals surface area contributed by atoms with Crippen LogP contribution in [0.2, 0.25) is 5.02 Å². The number of carboxylic acids is 1. The Bertz CT molecular complexity index is 1460. The van der Waals surface area contributed by atoms with Gasteiger partial charge in [-0.1, -0.05) is 29.8 Å². The molecule has 0 bridgehead atoms. The first-order chi connectivity index (χ1) is 15.8. The number of nitrogens with zero attached hydrogens (tertiary/aromatic N) is 4. The van der Waals surface area contributed by atoms with Crippen molar-refractivity contribution >= 4 is 57.9 Å². The average Bonchev–Trinajstić information content (AvgIpc) is 3.18. The van der Waals surface area contributed by atoms with Crippen molar-refractivity contribution in [2.75, 3.05) is 18.0 Å². The third-order valence-electron chi connectivity index (χ3n) is 6.34. The molecule has 0 saturated carbocycles. The highest BCUT2D eigenvalue weighted by molar-refractivity contribution is 6.31. The number of aromatic carboxylic acids is 1. The first-order valence-corrected chi connectivity index (χ1v) is 11.2. The monoisotopic (exact) mass is 501 g/mol. The number of nitrogens with two attached hydrogens (primary N) is 1. The molecule has 1 aliphatic heterocycles. The molecule has 5 rings (SSSR count). The summed E-state index contributed by atoms with van der Waals surface area (Å²) in [7, 11) is 1.65. The molecule has 0 spiro atoms. The molecule has 1 aliphatic rings. The molecule has 8 nitrogen and oxygen atoms in total. The number of imidazole rings is 1. The number of piperidine rings is 1. The van der Waals surface area contributed by atoms with E-state index in [0.29, 0.717) is 40.6 Å². The third-order valence-corrected chi connectivity index (χ3v) is 6.71. The van der Waals surface area contributed by atoms with Gasteiger partial charge in [0.2, 0.25) is 5.95 Å². The molecule has 1 fully saturated rings. The number of carboxylic acid groups (broad SMARTS) is 1. The number of halogens is 2. The van der Waals surface area contributed by atoms with Crippen molar-refractivity contribution in [1.82, 2.24) is 14.1 Å².